The highest BCUT2D eigenvalue weighted by Crippen LogP contribution is 2.35. The SMILES string of the molecule is COc1ccc(N2CC=C(c3cccc(Cl)c3)C2=O)cc1OCCN1CCCCC1.Cl. The first-order valence-electron chi connectivity index (χ1n) is 10.5. The van der Waals surface area contributed by atoms with Gasteiger partial charge in [0.1, 0.15) is 6.61 Å². The molecule has 0 saturated carbocycles. The molecule has 0 unspecified atom stereocenters. The number of hydrogen-bond donors (Lipinski definition) is 0. The zero-order chi connectivity index (χ0) is 20.9. The monoisotopic (exact) mass is 462 g/mol. The molecule has 5 nitrogen and oxygen atoms in total. The number of carbonyl (C=O) groups excluding carboxylic acids is 1. The molecule has 2 aliphatic heterocycles. The normalized spacial score (nSPS) is 16.6. The summed E-state index contributed by atoms with van der Waals surface area (Å²) in [7, 11) is 1.63. The van der Waals surface area contributed by atoms with Gasteiger partial charge >= 0.3 is 0 Å². The smallest absolute Gasteiger partial charge is 0.258 e. The summed E-state index contributed by atoms with van der Waals surface area (Å²) in [6, 6.07) is 13.0. The number of piperidine rings is 1. The molecule has 7 heteroatoms. The summed E-state index contributed by atoms with van der Waals surface area (Å²) in [5.74, 6) is 1.30. The van der Waals surface area contributed by atoms with Crippen molar-refractivity contribution in [3.8, 4) is 11.5 Å². The van der Waals surface area contributed by atoms with E-state index in [1.165, 1.54) is 19.3 Å². The summed E-state index contributed by atoms with van der Waals surface area (Å²) < 4.78 is 11.5. The van der Waals surface area contributed by atoms with E-state index in [1.807, 2.05) is 42.5 Å². The Morgan fingerprint density at radius 1 is 1.03 bits per heavy atom. The maximum absolute atomic E-state index is 13.0. The molecule has 0 aliphatic carbocycles. The molecule has 2 heterocycles. The van der Waals surface area contributed by atoms with Crippen molar-refractivity contribution >= 4 is 41.2 Å². The third-order valence-electron chi connectivity index (χ3n) is 5.66. The molecule has 1 saturated heterocycles. The van der Waals surface area contributed by atoms with Gasteiger partial charge in [0.05, 0.1) is 7.11 Å². The number of halogens is 2. The second-order valence-electron chi connectivity index (χ2n) is 7.63. The van der Waals surface area contributed by atoms with Gasteiger partial charge in [-0.15, -0.1) is 12.4 Å². The number of benzene rings is 2. The molecule has 0 N–H and O–H groups in total. The van der Waals surface area contributed by atoms with E-state index in [-0.39, 0.29) is 18.3 Å². The molecule has 1 fully saturated rings. The predicted molar refractivity (Wildman–Crippen MR) is 128 cm³/mol. The molecule has 31 heavy (non-hydrogen) atoms. The fourth-order valence-corrected chi connectivity index (χ4v) is 4.22. The van der Waals surface area contributed by atoms with Gasteiger partial charge in [-0.25, -0.2) is 0 Å². The minimum absolute atomic E-state index is 0. The van der Waals surface area contributed by atoms with Crippen LogP contribution in [0, 0.1) is 0 Å². The zero-order valence-corrected chi connectivity index (χ0v) is 19.3. The lowest BCUT2D eigenvalue weighted by atomic mass is 10.1. The Bertz CT molecular complexity index is 942. The highest BCUT2D eigenvalue weighted by molar-refractivity contribution is 6.32. The lowest BCUT2D eigenvalue weighted by Crippen LogP contribution is -2.33. The molecule has 2 aromatic rings. The number of anilines is 1. The van der Waals surface area contributed by atoms with Crippen LogP contribution >= 0.6 is 24.0 Å². The van der Waals surface area contributed by atoms with Gasteiger partial charge in [-0.3, -0.25) is 9.69 Å². The van der Waals surface area contributed by atoms with Crippen molar-refractivity contribution in [2.75, 3.05) is 44.8 Å². The van der Waals surface area contributed by atoms with E-state index < -0.39 is 0 Å². The summed E-state index contributed by atoms with van der Waals surface area (Å²) in [6.07, 6.45) is 5.78. The second kappa shape index (κ2) is 10.9. The first kappa shape index (κ1) is 23.5. The molecule has 1 amide bonds. The molecular weight excluding hydrogens is 435 g/mol. The Hall–Kier alpha value is -2.21. The third-order valence-corrected chi connectivity index (χ3v) is 5.90. The van der Waals surface area contributed by atoms with Crippen molar-refractivity contribution < 1.29 is 14.3 Å². The first-order chi connectivity index (χ1) is 14.7. The highest BCUT2D eigenvalue weighted by Gasteiger charge is 2.27. The van der Waals surface area contributed by atoms with Gasteiger partial charge in [0.15, 0.2) is 11.5 Å². The number of methoxy groups -OCH3 is 1. The zero-order valence-electron chi connectivity index (χ0n) is 17.7. The van der Waals surface area contributed by atoms with Crippen LogP contribution in [0.3, 0.4) is 0 Å². The maximum atomic E-state index is 13.0. The van der Waals surface area contributed by atoms with E-state index >= 15 is 0 Å². The topological polar surface area (TPSA) is 42.0 Å². The summed E-state index contributed by atoms with van der Waals surface area (Å²) >= 11 is 6.10. The maximum Gasteiger partial charge on any atom is 0.258 e. The largest absolute Gasteiger partial charge is 0.493 e. The van der Waals surface area contributed by atoms with Crippen LogP contribution < -0.4 is 14.4 Å². The van der Waals surface area contributed by atoms with Crippen molar-refractivity contribution in [1.29, 1.82) is 0 Å². The van der Waals surface area contributed by atoms with Crippen LogP contribution in [-0.2, 0) is 4.79 Å². The van der Waals surface area contributed by atoms with Crippen LogP contribution in [0.2, 0.25) is 5.02 Å². The van der Waals surface area contributed by atoms with Crippen LogP contribution in [0.1, 0.15) is 24.8 Å². The van der Waals surface area contributed by atoms with E-state index in [4.69, 9.17) is 21.1 Å². The summed E-state index contributed by atoms with van der Waals surface area (Å²) in [4.78, 5) is 17.2. The van der Waals surface area contributed by atoms with Crippen molar-refractivity contribution in [2.45, 2.75) is 19.3 Å². The van der Waals surface area contributed by atoms with Gasteiger partial charge in [-0.05, 0) is 55.8 Å². The molecule has 2 aromatic carbocycles. The highest BCUT2D eigenvalue weighted by atomic mass is 35.5. The number of carbonyl (C=O) groups is 1. The molecule has 0 bridgehead atoms. The van der Waals surface area contributed by atoms with Crippen LogP contribution in [0.4, 0.5) is 5.69 Å². The Labute approximate surface area is 195 Å². The number of rotatable bonds is 7. The number of nitrogens with zero attached hydrogens (tertiary/aromatic N) is 2. The van der Waals surface area contributed by atoms with E-state index in [0.717, 1.165) is 30.9 Å². The van der Waals surface area contributed by atoms with E-state index in [1.54, 1.807) is 18.1 Å². The second-order valence-corrected chi connectivity index (χ2v) is 8.07. The van der Waals surface area contributed by atoms with Crippen LogP contribution in [-0.4, -0.2) is 50.7 Å². The van der Waals surface area contributed by atoms with Crippen LogP contribution in [0.25, 0.3) is 5.57 Å². The summed E-state index contributed by atoms with van der Waals surface area (Å²) in [5.41, 5.74) is 2.30. The van der Waals surface area contributed by atoms with Gasteiger partial charge in [0, 0.05) is 35.4 Å². The summed E-state index contributed by atoms with van der Waals surface area (Å²) in [5, 5.41) is 0.619. The number of likely N-dealkylation sites (tertiary alicyclic amines) is 1. The lowest BCUT2D eigenvalue weighted by molar-refractivity contribution is -0.112. The molecule has 0 atom stereocenters. The predicted octanol–water partition coefficient (Wildman–Crippen LogP) is 5.07. The van der Waals surface area contributed by atoms with E-state index in [9.17, 15) is 4.79 Å². The minimum atomic E-state index is -0.0401. The Morgan fingerprint density at radius 2 is 1.84 bits per heavy atom. The lowest BCUT2D eigenvalue weighted by Gasteiger charge is -2.26. The Morgan fingerprint density at radius 3 is 2.58 bits per heavy atom. The standard InChI is InChI=1S/C24H27ClN2O3.ClH/c1-29-22-9-8-20(17-23(22)30-15-14-26-11-3-2-4-12-26)27-13-10-21(24(27)28)18-6-5-7-19(25)16-18;/h5-10,16-17H,2-4,11-15H2,1H3;1H. The molecule has 0 aromatic heterocycles. The Balaban J connectivity index is 0.00000272. The average molecular weight is 463 g/mol. The molecular formula is C24H28Cl2N2O3. The molecule has 0 radical (unpaired) electrons. The van der Waals surface area contributed by atoms with E-state index in [0.29, 0.717) is 35.2 Å². The average Bonchev–Trinajstić information content (AvgIpc) is 3.16. The van der Waals surface area contributed by atoms with Crippen molar-refractivity contribution in [2.24, 2.45) is 0 Å². The molecule has 0 spiro atoms. The van der Waals surface area contributed by atoms with Crippen LogP contribution in [0.15, 0.2) is 48.5 Å². The van der Waals surface area contributed by atoms with E-state index in [2.05, 4.69) is 4.90 Å². The number of ether oxygens (including phenoxy) is 2. The molecule has 2 aliphatic rings. The Kier molecular flexibility index (Phi) is 8.24. The van der Waals surface area contributed by atoms with Gasteiger partial charge in [0.2, 0.25) is 0 Å². The van der Waals surface area contributed by atoms with Gasteiger partial charge in [-0.1, -0.05) is 36.2 Å². The van der Waals surface area contributed by atoms with Crippen LogP contribution in [0.5, 0.6) is 11.5 Å². The van der Waals surface area contributed by atoms with Crippen molar-refractivity contribution in [1.82, 2.24) is 4.90 Å². The van der Waals surface area contributed by atoms with Gasteiger partial charge in [0.25, 0.3) is 5.91 Å². The van der Waals surface area contributed by atoms with Gasteiger partial charge in [-0.2, -0.15) is 0 Å². The fourth-order valence-electron chi connectivity index (χ4n) is 4.03. The summed E-state index contributed by atoms with van der Waals surface area (Å²) in [6.45, 7) is 4.29. The quantitative estimate of drug-likeness (QED) is 0.576. The number of hydrogen-bond acceptors (Lipinski definition) is 4. The fraction of sp³-hybridized carbons (Fsp3) is 0.375. The third kappa shape index (κ3) is 5.53. The van der Waals surface area contributed by atoms with Gasteiger partial charge < -0.3 is 14.4 Å². The van der Waals surface area contributed by atoms with Crippen molar-refractivity contribution in [3.63, 3.8) is 0 Å². The van der Waals surface area contributed by atoms with Crippen molar-refractivity contribution in [3.05, 3.63) is 59.1 Å². The minimum Gasteiger partial charge on any atom is -0.493 e. The molecule has 166 valence electrons. The first-order valence-corrected chi connectivity index (χ1v) is 10.8. The number of amides is 1. The molecule has 4 rings (SSSR count).